The molecule has 0 unspecified atom stereocenters. The number of pyridine rings is 1. The van der Waals surface area contributed by atoms with Gasteiger partial charge in [0, 0.05) is 11.9 Å². The zero-order valence-electron chi connectivity index (χ0n) is 13.9. The highest BCUT2D eigenvalue weighted by molar-refractivity contribution is 6.02. The van der Waals surface area contributed by atoms with Gasteiger partial charge in [0.05, 0.1) is 34.0 Å². The SMILES string of the molecule is COC(=O)c1ccc(Nc2c([N+](=O)[O-])cc([N+](=O)[O-])c3cccnc23)cc1. The first-order chi connectivity index (χ1) is 12.9. The number of nitro groups is 2. The number of methoxy groups -OCH3 is 1. The molecular formula is C17H12N4O6. The van der Waals surface area contributed by atoms with Crippen LogP contribution < -0.4 is 5.32 Å². The van der Waals surface area contributed by atoms with Crippen molar-refractivity contribution in [3.63, 3.8) is 0 Å². The molecule has 1 N–H and O–H groups in total. The number of carbonyl (C=O) groups is 1. The molecule has 3 rings (SSSR count). The average molecular weight is 368 g/mol. The molecule has 0 aliphatic carbocycles. The Balaban J connectivity index is 2.14. The summed E-state index contributed by atoms with van der Waals surface area (Å²) in [7, 11) is 1.26. The van der Waals surface area contributed by atoms with E-state index in [0.717, 1.165) is 6.07 Å². The third-order valence-corrected chi connectivity index (χ3v) is 3.82. The second kappa shape index (κ2) is 7.04. The molecule has 0 atom stereocenters. The zero-order chi connectivity index (χ0) is 19.6. The molecule has 0 saturated carbocycles. The number of hydrogen-bond donors (Lipinski definition) is 1. The van der Waals surface area contributed by atoms with E-state index in [2.05, 4.69) is 15.0 Å². The van der Waals surface area contributed by atoms with Gasteiger partial charge in [-0.2, -0.15) is 0 Å². The number of esters is 1. The summed E-state index contributed by atoms with van der Waals surface area (Å²) in [5.41, 5.74) is -0.0282. The number of carbonyl (C=O) groups excluding carboxylic acids is 1. The van der Waals surface area contributed by atoms with Crippen LogP contribution in [0.5, 0.6) is 0 Å². The van der Waals surface area contributed by atoms with E-state index < -0.39 is 27.2 Å². The van der Waals surface area contributed by atoms with E-state index >= 15 is 0 Å². The monoisotopic (exact) mass is 368 g/mol. The van der Waals surface area contributed by atoms with Crippen LogP contribution in [0.3, 0.4) is 0 Å². The molecule has 0 amide bonds. The topological polar surface area (TPSA) is 138 Å². The van der Waals surface area contributed by atoms with Gasteiger partial charge < -0.3 is 10.1 Å². The molecule has 0 spiro atoms. The van der Waals surface area contributed by atoms with Crippen molar-refractivity contribution in [2.24, 2.45) is 0 Å². The standard InChI is InChI=1S/C17H12N4O6/c1-27-17(22)10-4-6-11(7-5-10)19-16-14(21(25)26)9-13(20(23)24)12-3-2-8-18-15(12)16/h2-9,19H,1H3. The first kappa shape index (κ1) is 17.7. The third kappa shape index (κ3) is 3.35. The van der Waals surface area contributed by atoms with Crippen molar-refractivity contribution in [3.8, 4) is 0 Å². The number of anilines is 2. The van der Waals surface area contributed by atoms with Crippen molar-refractivity contribution in [1.82, 2.24) is 4.98 Å². The lowest BCUT2D eigenvalue weighted by atomic mass is 10.1. The minimum absolute atomic E-state index is 0.0204. The second-order valence-electron chi connectivity index (χ2n) is 5.40. The van der Waals surface area contributed by atoms with E-state index in [1.807, 2.05) is 0 Å². The minimum Gasteiger partial charge on any atom is -0.465 e. The molecule has 10 heteroatoms. The molecule has 27 heavy (non-hydrogen) atoms. The molecule has 0 radical (unpaired) electrons. The van der Waals surface area contributed by atoms with Crippen LogP contribution in [0.15, 0.2) is 48.7 Å². The summed E-state index contributed by atoms with van der Waals surface area (Å²) >= 11 is 0. The number of rotatable bonds is 5. The molecule has 1 aromatic heterocycles. The first-order valence-electron chi connectivity index (χ1n) is 7.58. The normalized spacial score (nSPS) is 10.4. The second-order valence-corrected chi connectivity index (χ2v) is 5.40. The van der Waals surface area contributed by atoms with Gasteiger partial charge in [0.1, 0.15) is 11.2 Å². The van der Waals surface area contributed by atoms with Crippen molar-refractivity contribution in [1.29, 1.82) is 0 Å². The lowest BCUT2D eigenvalue weighted by Gasteiger charge is -2.10. The number of nitrogens with zero attached hydrogens (tertiary/aromatic N) is 3. The molecule has 2 aromatic carbocycles. The number of nitro benzene ring substituents is 2. The number of ether oxygens (including phenoxy) is 1. The van der Waals surface area contributed by atoms with Crippen LogP contribution >= 0.6 is 0 Å². The third-order valence-electron chi connectivity index (χ3n) is 3.82. The number of non-ortho nitro benzene ring substituents is 1. The Morgan fingerprint density at radius 1 is 1.07 bits per heavy atom. The van der Waals surface area contributed by atoms with Gasteiger partial charge in [-0.05, 0) is 36.4 Å². The fourth-order valence-corrected chi connectivity index (χ4v) is 2.58. The van der Waals surface area contributed by atoms with Crippen molar-refractivity contribution >= 4 is 39.6 Å². The largest absolute Gasteiger partial charge is 0.465 e. The summed E-state index contributed by atoms with van der Waals surface area (Å²) in [4.78, 5) is 36.9. The van der Waals surface area contributed by atoms with Gasteiger partial charge in [-0.25, -0.2) is 4.79 Å². The number of nitrogens with one attached hydrogen (secondary N) is 1. The fourth-order valence-electron chi connectivity index (χ4n) is 2.58. The molecule has 0 aliphatic rings. The Morgan fingerprint density at radius 2 is 1.74 bits per heavy atom. The van der Waals surface area contributed by atoms with Crippen molar-refractivity contribution in [3.05, 3.63) is 74.5 Å². The summed E-state index contributed by atoms with van der Waals surface area (Å²) < 4.78 is 4.62. The predicted molar refractivity (Wildman–Crippen MR) is 96.1 cm³/mol. The van der Waals surface area contributed by atoms with Crippen molar-refractivity contribution < 1.29 is 19.4 Å². The van der Waals surface area contributed by atoms with Crippen LogP contribution in [-0.4, -0.2) is 27.9 Å². The Labute approximate surface area is 151 Å². The van der Waals surface area contributed by atoms with E-state index in [0.29, 0.717) is 11.3 Å². The highest BCUT2D eigenvalue weighted by Gasteiger charge is 2.26. The van der Waals surface area contributed by atoms with Crippen LogP contribution in [0.4, 0.5) is 22.7 Å². The Morgan fingerprint density at radius 3 is 2.33 bits per heavy atom. The van der Waals surface area contributed by atoms with Crippen LogP contribution in [0.2, 0.25) is 0 Å². The maximum atomic E-state index is 11.5. The molecule has 10 nitrogen and oxygen atoms in total. The van der Waals surface area contributed by atoms with Crippen LogP contribution in [0, 0.1) is 20.2 Å². The average Bonchev–Trinajstić information content (AvgIpc) is 2.67. The molecule has 0 aliphatic heterocycles. The first-order valence-corrected chi connectivity index (χ1v) is 7.58. The maximum absolute atomic E-state index is 11.5. The van der Waals surface area contributed by atoms with E-state index in [9.17, 15) is 25.0 Å². The quantitative estimate of drug-likeness (QED) is 0.410. The van der Waals surface area contributed by atoms with Crippen LogP contribution in [0.25, 0.3) is 10.9 Å². The van der Waals surface area contributed by atoms with E-state index in [1.165, 1.54) is 49.7 Å². The summed E-state index contributed by atoms with van der Waals surface area (Å²) in [5.74, 6) is -0.519. The lowest BCUT2D eigenvalue weighted by molar-refractivity contribution is -0.392. The Bertz CT molecular complexity index is 1060. The van der Waals surface area contributed by atoms with Gasteiger partial charge in [-0.1, -0.05) is 0 Å². The number of benzene rings is 2. The zero-order valence-corrected chi connectivity index (χ0v) is 13.9. The summed E-state index contributed by atoms with van der Waals surface area (Å²) in [6, 6.07) is 9.92. The molecule has 0 saturated heterocycles. The summed E-state index contributed by atoms with van der Waals surface area (Å²) in [5, 5.41) is 25.8. The van der Waals surface area contributed by atoms with E-state index in [-0.39, 0.29) is 16.6 Å². The van der Waals surface area contributed by atoms with Gasteiger partial charge in [-0.3, -0.25) is 25.2 Å². The van der Waals surface area contributed by atoms with Gasteiger partial charge >= 0.3 is 11.7 Å². The molecule has 1 heterocycles. The smallest absolute Gasteiger partial charge is 0.337 e. The number of fused-ring (bicyclic) bond motifs is 1. The van der Waals surface area contributed by atoms with E-state index in [1.54, 1.807) is 0 Å². The Hall–Kier alpha value is -4.08. The fraction of sp³-hybridized carbons (Fsp3) is 0.0588. The highest BCUT2D eigenvalue weighted by atomic mass is 16.6. The highest BCUT2D eigenvalue weighted by Crippen LogP contribution is 2.39. The number of hydrogen-bond acceptors (Lipinski definition) is 8. The van der Waals surface area contributed by atoms with Crippen molar-refractivity contribution in [2.75, 3.05) is 12.4 Å². The van der Waals surface area contributed by atoms with Gasteiger partial charge in [0.2, 0.25) is 0 Å². The number of aromatic nitrogens is 1. The summed E-state index contributed by atoms with van der Waals surface area (Å²) in [6.07, 6.45) is 1.39. The Kier molecular flexibility index (Phi) is 4.62. The van der Waals surface area contributed by atoms with E-state index in [4.69, 9.17) is 0 Å². The van der Waals surface area contributed by atoms with Gasteiger partial charge in [0.15, 0.2) is 0 Å². The molecule has 136 valence electrons. The summed E-state index contributed by atoms with van der Waals surface area (Å²) in [6.45, 7) is 0. The minimum atomic E-state index is -0.716. The van der Waals surface area contributed by atoms with Gasteiger partial charge in [0.25, 0.3) is 5.69 Å². The lowest BCUT2D eigenvalue weighted by Crippen LogP contribution is -2.03. The van der Waals surface area contributed by atoms with Gasteiger partial charge in [-0.15, -0.1) is 0 Å². The molecule has 3 aromatic rings. The van der Waals surface area contributed by atoms with Crippen LogP contribution in [-0.2, 0) is 4.74 Å². The molecule has 0 bridgehead atoms. The van der Waals surface area contributed by atoms with Crippen molar-refractivity contribution in [2.45, 2.75) is 0 Å². The predicted octanol–water partition coefficient (Wildman–Crippen LogP) is 3.58. The van der Waals surface area contributed by atoms with Crippen LogP contribution in [0.1, 0.15) is 10.4 Å². The molecular weight excluding hydrogens is 356 g/mol. The maximum Gasteiger partial charge on any atom is 0.337 e. The molecule has 0 fully saturated rings.